The lowest BCUT2D eigenvalue weighted by atomic mass is 10.0. The Balaban J connectivity index is 2.22. The van der Waals surface area contributed by atoms with Crippen molar-refractivity contribution in [1.82, 2.24) is 9.55 Å². The minimum absolute atomic E-state index is 0.0379. The zero-order chi connectivity index (χ0) is 18.8. The van der Waals surface area contributed by atoms with Gasteiger partial charge in [0.2, 0.25) is 0 Å². The predicted octanol–water partition coefficient (Wildman–Crippen LogP) is 4.42. The lowest BCUT2D eigenvalue weighted by Crippen LogP contribution is -2.26. The van der Waals surface area contributed by atoms with Crippen LogP contribution in [0, 0.1) is 6.92 Å². The average Bonchev–Trinajstić information content (AvgIpc) is 2.93. The molecule has 0 atom stereocenters. The number of benzene rings is 1. The standard InChI is InChI=1S/C20H22N2O3S/c1-12(2)18-21-19-17(20(25)22(18)11-7-10-15(23)24)16(13(3)26-19)14-8-5-4-6-9-14/h4-6,8-9,12H,7,10-11H2,1-3H3,(H,23,24). The quantitative estimate of drug-likeness (QED) is 0.697. The predicted molar refractivity (Wildman–Crippen MR) is 105 cm³/mol. The van der Waals surface area contributed by atoms with Gasteiger partial charge >= 0.3 is 5.97 Å². The first-order valence-corrected chi connectivity index (χ1v) is 9.52. The van der Waals surface area contributed by atoms with Crippen LogP contribution in [0.25, 0.3) is 21.3 Å². The van der Waals surface area contributed by atoms with Crippen molar-refractivity contribution in [3.63, 3.8) is 0 Å². The summed E-state index contributed by atoms with van der Waals surface area (Å²) >= 11 is 1.54. The molecule has 2 heterocycles. The topological polar surface area (TPSA) is 72.2 Å². The second-order valence-corrected chi connectivity index (χ2v) is 7.86. The zero-order valence-corrected chi connectivity index (χ0v) is 16.0. The van der Waals surface area contributed by atoms with Crippen molar-refractivity contribution >= 4 is 27.5 Å². The maximum Gasteiger partial charge on any atom is 0.303 e. The number of rotatable bonds is 6. The molecule has 26 heavy (non-hydrogen) atoms. The second kappa shape index (κ2) is 7.41. The average molecular weight is 370 g/mol. The number of hydrogen-bond acceptors (Lipinski definition) is 4. The van der Waals surface area contributed by atoms with Gasteiger partial charge in [0.1, 0.15) is 10.7 Å². The van der Waals surface area contributed by atoms with Crippen molar-refractivity contribution < 1.29 is 9.90 Å². The number of carboxylic acids is 1. The Morgan fingerprint density at radius 3 is 2.58 bits per heavy atom. The zero-order valence-electron chi connectivity index (χ0n) is 15.2. The van der Waals surface area contributed by atoms with Crippen molar-refractivity contribution in [2.45, 2.75) is 46.1 Å². The van der Waals surface area contributed by atoms with E-state index in [1.807, 2.05) is 51.1 Å². The highest BCUT2D eigenvalue weighted by Gasteiger charge is 2.20. The number of aryl methyl sites for hydroxylation is 1. The van der Waals surface area contributed by atoms with Gasteiger partial charge in [0, 0.05) is 29.3 Å². The Hall–Kier alpha value is -2.47. The van der Waals surface area contributed by atoms with Gasteiger partial charge in [-0.2, -0.15) is 0 Å². The summed E-state index contributed by atoms with van der Waals surface area (Å²) in [4.78, 5) is 30.8. The van der Waals surface area contributed by atoms with E-state index >= 15 is 0 Å². The van der Waals surface area contributed by atoms with Crippen LogP contribution in [-0.4, -0.2) is 20.6 Å². The summed E-state index contributed by atoms with van der Waals surface area (Å²) < 4.78 is 1.66. The van der Waals surface area contributed by atoms with Gasteiger partial charge in [-0.25, -0.2) is 4.98 Å². The molecular formula is C20H22N2O3S. The van der Waals surface area contributed by atoms with E-state index in [1.54, 1.807) is 4.57 Å². The molecule has 0 aliphatic rings. The molecule has 136 valence electrons. The van der Waals surface area contributed by atoms with E-state index in [0.29, 0.717) is 24.2 Å². The van der Waals surface area contributed by atoms with Gasteiger partial charge in [0.25, 0.3) is 5.56 Å². The molecule has 0 saturated heterocycles. The Morgan fingerprint density at radius 2 is 1.96 bits per heavy atom. The van der Waals surface area contributed by atoms with Gasteiger partial charge in [-0.3, -0.25) is 14.2 Å². The number of aliphatic carboxylic acids is 1. The molecule has 1 N–H and O–H groups in total. The maximum absolute atomic E-state index is 13.3. The van der Waals surface area contributed by atoms with Crippen LogP contribution < -0.4 is 5.56 Å². The highest BCUT2D eigenvalue weighted by Crippen LogP contribution is 2.36. The number of carboxylic acid groups (broad SMARTS) is 1. The third kappa shape index (κ3) is 3.42. The molecule has 5 nitrogen and oxygen atoms in total. The number of hydrogen-bond donors (Lipinski definition) is 1. The molecule has 0 aliphatic carbocycles. The first-order chi connectivity index (χ1) is 12.4. The van der Waals surface area contributed by atoms with Crippen LogP contribution in [0.1, 0.15) is 43.3 Å². The lowest BCUT2D eigenvalue weighted by Gasteiger charge is -2.15. The van der Waals surface area contributed by atoms with Gasteiger partial charge in [0.05, 0.1) is 5.39 Å². The smallest absolute Gasteiger partial charge is 0.303 e. The Bertz CT molecular complexity index is 1000. The number of thiophene rings is 1. The molecule has 0 radical (unpaired) electrons. The van der Waals surface area contributed by atoms with E-state index in [-0.39, 0.29) is 17.9 Å². The maximum atomic E-state index is 13.3. The van der Waals surface area contributed by atoms with Crippen LogP contribution >= 0.6 is 11.3 Å². The van der Waals surface area contributed by atoms with E-state index < -0.39 is 5.97 Å². The minimum Gasteiger partial charge on any atom is -0.481 e. The molecule has 1 aromatic carbocycles. The highest BCUT2D eigenvalue weighted by molar-refractivity contribution is 7.19. The number of carbonyl (C=O) groups is 1. The molecule has 0 saturated carbocycles. The summed E-state index contributed by atoms with van der Waals surface area (Å²) in [6, 6.07) is 9.87. The molecule has 6 heteroatoms. The van der Waals surface area contributed by atoms with Gasteiger partial charge in [-0.05, 0) is 18.9 Å². The van der Waals surface area contributed by atoms with Crippen LogP contribution in [-0.2, 0) is 11.3 Å². The van der Waals surface area contributed by atoms with Crippen LogP contribution in [0.5, 0.6) is 0 Å². The molecule has 0 amide bonds. The number of nitrogens with zero attached hydrogens (tertiary/aromatic N) is 2. The van der Waals surface area contributed by atoms with E-state index in [1.165, 1.54) is 11.3 Å². The first-order valence-electron chi connectivity index (χ1n) is 8.71. The molecule has 0 bridgehead atoms. The largest absolute Gasteiger partial charge is 0.481 e. The van der Waals surface area contributed by atoms with Gasteiger partial charge in [-0.15, -0.1) is 11.3 Å². The SMILES string of the molecule is Cc1sc2nc(C(C)C)n(CCCC(=O)O)c(=O)c2c1-c1ccccc1. The Kier molecular flexibility index (Phi) is 5.23. The molecule has 0 spiro atoms. The summed E-state index contributed by atoms with van der Waals surface area (Å²) in [6.07, 6.45) is 0.447. The fraction of sp³-hybridized carbons (Fsp3) is 0.350. The lowest BCUT2D eigenvalue weighted by molar-refractivity contribution is -0.137. The fourth-order valence-corrected chi connectivity index (χ4v) is 4.25. The number of aromatic nitrogens is 2. The fourth-order valence-electron chi connectivity index (χ4n) is 3.21. The third-order valence-corrected chi connectivity index (χ3v) is 5.37. The molecule has 3 rings (SSSR count). The molecule has 0 unspecified atom stereocenters. The van der Waals surface area contributed by atoms with Crippen molar-refractivity contribution in [3.8, 4) is 11.1 Å². The van der Waals surface area contributed by atoms with Gasteiger partial charge in [-0.1, -0.05) is 44.2 Å². The normalized spacial score (nSPS) is 11.4. The van der Waals surface area contributed by atoms with E-state index in [4.69, 9.17) is 10.1 Å². The number of fused-ring (bicyclic) bond motifs is 1. The minimum atomic E-state index is -0.852. The van der Waals surface area contributed by atoms with Crippen LogP contribution in [0.2, 0.25) is 0 Å². The molecular weight excluding hydrogens is 348 g/mol. The monoisotopic (exact) mass is 370 g/mol. The van der Waals surface area contributed by atoms with Crippen LogP contribution in [0.3, 0.4) is 0 Å². The van der Waals surface area contributed by atoms with Crippen molar-refractivity contribution in [2.24, 2.45) is 0 Å². The summed E-state index contributed by atoms with van der Waals surface area (Å²) in [5, 5.41) is 9.54. The van der Waals surface area contributed by atoms with Crippen molar-refractivity contribution in [1.29, 1.82) is 0 Å². The highest BCUT2D eigenvalue weighted by atomic mass is 32.1. The van der Waals surface area contributed by atoms with Crippen LogP contribution in [0.4, 0.5) is 0 Å². The van der Waals surface area contributed by atoms with Gasteiger partial charge < -0.3 is 5.11 Å². The molecule has 0 aliphatic heterocycles. The summed E-state index contributed by atoms with van der Waals surface area (Å²) in [5.41, 5.74) is 1.86. The first kappa shape index (κ1) is 18.3. The Morgan fingerprint density at radius 1 is 1.27 bits per heavy atom. The molecule has 3 aromatic rings. The second-order valence-electron chi connectivity index (χ2n) is 6.66. The summed E-state index contributed by atoms with van der Waals surface area (Å²) in [6.45, 7) is 6.38. The van der Waals surface area contributed by atoms with E-state index in [2.05, 4.69) is 0 Å². The summed E-state index contributed by atoms with van der Waals surface area (Å²) in [5.74, 6) is -0.0530. The summed E-state index contributed by atoms with van der Waals surface area (Å²) in [7, 11) is 0. The van der Waals surface area contributed by atoms with Crippen molar-refractivity contribution in [3.05, 3.63) is 51.4 Å². The van der Waals surface area contributed by atoms with E-state index in [9.17, 15) is 9.59 Å². The molecule has 2 aromatic heterocycles. The third-order valence-electron chi connectivity index (χ3n) is 4.37. The van der Waals surface area contributed by atoms with Gasteiger partial charge in [0.15, 0.2) is 0 Å². The van der Waals surface area contributed by atoms with Crippen molar-refractivity contribution in [2.75, 3.05) is 0 Å². The Labute approximate surface area is 155 Å². The van der Waals surface area contributed by atoms with Crippen LogP contribution in [0.15, 0.2) is 35.1 Å². The van der Waals surface area contributed by atoms with E-state index in [0.717, 1.165) is 20.8 Å². The molecule has 0 fully saturated rings.